The van der Waals surface area contributed by atoms with Crippen LogP contribution in [-0.4, -0.2) is 6.61 Å². The maximum absolute atomic E-state index is 6.05. The smallest absolute Gasteiger partial charge is 0.161 e. The van der Waals surface area contributed by atoms with E-state index in [4.69, 9.17) is 21.1 Å². The first-order valence-electron chi connectivity index (χ1n) is 9.64. The predicted molar refractivity (Wildman–Crippen MR) is 117 cm³/mol. The third-order valence-electron chi connectivity index (χ3n) is 4.47. The van der Waals surface area contributed by atoms with E-state index < -0.39 is 0 Å². The highest BCUT2D eigenvalue weighted by Gasteiger charge is 2.08. The van der Waals surface area contributed by atoms with Gasteiger partial charge in [-0.2, -0.15) is 0 Å². The van der Waals surface area contributed by atoms with Gasteiger partial charge in [0, 0.05) is 17.3 Å². The summed E-state index contributed by atoms with van der Waals surface area (Å²) in [5, 5.41) is 4.23. The minimum absolute atomic E-state index is 0.447. The van der Waals surface area contributed by atoms with E-state index in [1.165, 1.54) is 11.3 Å². The molecule has 0 saturated carbocycles. The number of rotatable bonds is 9. The van der Waals surface area contributed by atoms with Gasteiger partial charge in [0.2, 0.25) is 0 Å². The number of anilines is 1. The normalized spacial score (nSPS) is 10.5. The van der Waals surface area contributed by atoms with Crippen molar-refractivity contribution in [3.63, 3.8) is 0 Å². The fourth-order valence-electron chi connectivity index (χ4n) is 3.04. The molecule has 0 heterocycles. The Balaban J connectivity index is 1.69. The van der Waals surface area contributed by atoms with Crippen LogP contribution in [0, 0.1) is 0 Å². The van der Waals surface area contributed by atoms with Crippen molar-refractivity contribution < 1.29 is 9.47 Å². The lowest BCUT2D eigenvalue weighted by Crippen LogP contribution is -2.04. The van der Waals surface area contributed by atoms with Gasteiger partial charge < -0.3 is 14.8 Å². The second kappa shape index (κ2) is 10.0. The largest absolute Gasteiger partial charge is 0.490 e. The number of nitrogens with one attached hydrogen (secondary N) is 1. The zero-order chi connectivity index (χ0) is 19.8. The zero-order valence-corrected chi connectivity index (χ0v) is 17.1. The molecule has 0 aliphatic carbocycles. The second-order valence-electron chi connectivity index (χ2n) is 6.50. The molecule has 0 unspecified atom stereocenters. The van der Waals surface area contributed by atoms with Crippen LogP contribution in [-0.2, 0) is 19.6 Å². The quantitative estimate of drug-likeness (QED) is 0.449. The average Bonchev–Trinajstić information content (AvgIpc) is 2.72. The predicted octanol–water partition coefficient (Wildman–Crippen LogP) is 6.49. The van der Waals surface area contributed by atoms with Crippen molar-refractivity contribution >= 4 is 17.3 Å². The molecule has 28 heavy (non-hydrogen) atoms. The summed E-state index contributed by atoms with van der Waals surface area (Å²) >= 11 is 6.05. The summed E-state index contributed by atoms with van der Waals surface area (Å²) < 4.78 is 11.8. The maximum Gasteiger partial charge on any atom is 0.161 e. The molecule has 0 atom stereocenters. The van der Waals surface area contributed by atoms with Gasteiger partial charge in [-0.15, -0.1) is 0 Å². The minimum Gasteiger partial charge on any atom is -0.490 e. The van der Waals surface area contributed by atoms with Crippen LogP contribution in [0.4, 0.5) is 5.69 Å². The highest BCUT2D eigenvalue weighted by molar-refractivity contribution is 6.30. The molecule has 0 aliphatic rings. The Hall–Kier alpha value is -2.65. The van der Waals surface area contributed by atoms with Crippen LogP contribution in [0.1, 0.15) is 30.5 Å². The summed E-state index contributed by atoms with van der Waals surface area (Å²) in [7, 11) is 0. The summed E-state index contributed by atoms with van der Waals surface area (Å²) in [6.07, 6.45) is 1.00. The van der Waals surface area contributed by atoms with Gasteiger partial charge in [-0.25, -0.2) is 0 Å². The molecular weight excluding hydrogens is 370 g/mol. The third kappa shape index (κ3) is 5.43. The molecule has 0 bridgehead atoms. The van der Waals surface area contributed by atoms with Crippen LogP contribution in [0.3, 0.4) is 0 Å². The summed E-state index contributed by atoms with van der Waals surface area (Å²) in [4.78, 5) is 0. The molecule has 0 fully saturated rings. The Bertz CT molecular complexity index is 911. The number of halogens is 1. The van der Waals surface area contributed by atoms with E-state index in [1.54, 1.807) is 0 Å². The van der Waals surface area contributed by atoms with Gasteiger partial charge in [0.05, 0.1) is 6.61 Å². The van der Waals surface area contributed by atoms with E-state index >= 15 is 0 Å². The van der Waals surface area contributed by atoms with E-state index in [0.29, 0.717) is 18.2 Å². The highest BCUT2D eigenvalue weighted by atomic mass is 35.5. The Morgan fingerprint density at radius 1 is 0.821 bits per heavy atom. The second-order valence-corrected chi connectivity index (χ2v) is 6.93. The van der Waals surface area contributed by atoms with Crippen molar-refractivity contribution in [3.8, 4) is 11.5 Å². The average molecular weight is 396 g/mol. The molecule has 0 aromatic heterocycles. The Morgan fingerprint density at radius 2 is 1.68 bits per heavy atom. The van der Waals surface area contributed by atoms with Crippen LogP contribution in [0.15, 0.2) is 66.7 Å². The fourth-order valence-corrected chi connectivity index (χ4v) is 3.25. The van der Waals surface area contributed by atoms with Crippen molar-refractivity contribution in [2.45, 2.75) is 33.4 Å². The van der Waals surface area contributed by atoms with Crippen LogP contribution in [0.2, 0.25) is 5.02 Å². The fraction of sp³-hybridized carbons (Fsp3) is 0.250. The van der Waals surface area contributed by atoms with Crippen LogP contribution >= 0.6 is 11.6 Å². The third-order valence-corrected chi connectivity index (χ3v) is 4.71. The van der Waals surface area contributed by atoms with Crippen molar-refractivity contribution in [2.75, 3.05) is 11.9 Å². The van der Waals surface area contributed by atoms with Crippen molar-refractivity contribution in [3.05, 3.63) is 88.4 Å². The number of hydrogen-bond acceptors (Lipinski definition) is 3. The monoisotopic (exact) mass is 395 g/mol. The first kappa shape index (κ1) is 20.1. The van der Waals surface area contributed by atoms with E-state index in [1.807, 2.05) is 43.3 Å². The molecule has 0 radical (unpaired) electrons. The molecule has 4 heteroatoms. The molecule has 3 aromatic rings. The van der Waals surface area contributed by atoms with E-state index in [2.05, 4.69) is 42.6 Å². The molecule has 0 spiro atoms. The number of aryl methyl sites for hydroxylation is 1. The molecule has 3 aromatic carbocycles. The number of ether oxygens (including phenoxy) is 2. The van der Waals surface area contributed by atoms with Gasteiger partial charge in [0.15, 0.2) is 11.5 Å². The topological polar surface area (TPSA) is 30.5 Å². The number of para-hydroxylation sites is 1. The first-order chi connectivity index (χ1) is 13.7. The van der Waals surface area contributed by atoms with Crippen molar-refractivity contribution in [1.82, 2.24) is 0 Å². The van der Waals surface area contributed by atoms with Gasteiger partial charge in [0.1, 0.15) is 6.61 Å². The van der Waals surface area contributed by atoms with Crippen LogP contribution < -0.4 is 14.8 Å². The molecule has 3 rings (SSSR count). The molecule has 0 aliphatic heterocycles. The van der Waals surface area contributed by atoms with Gasteiger partial charge in [-0.05, 0) is 60.4 Å². The van der Waals surface area contributed by atoms with Gasteiger partial charge >= 0.3 is 0 Å². The molecule has 146 valence electrons. The van der Waals surface area contributed by atoms with Gasteiger partial charge in [0.25, 0.3) is 0 Å². The minimum atomic E-state index is 0.447. The highest BCUT2D eigenvalue weighted by Crippen LogP contribution is 2.30. The summed E-state index contributed by atoms with van der Waals surface area (Å²) in [5.74, 6) is 1.49. The van der Waals surface area contributed by atoms with Crippen molar-refractivity contribution in [2.24, 2.45) is 0 Å². The molecular formula is C24H26ClNO2. The van der Waals surface area contributed by atoms with E-state index in [0.717, 1.165) is 35.6 Å². The molecule has 0 amide bonds. The SMILES string of the molecule is CCOc1cc(CNc2ccccc2CC)ccc1OCc1cccc(Cl)c1. The maximum atomic E-state index is 6.05. The Morgan fingerprint density at radius 3 is 2.46 bits per heavy atom. The van der Waals surface area contributed by atoms with E-state index in [9.17, 15) is 0 Å². The summed E-state index contributed by atoms with van der Waals surface area (Å²) in [5.41, 5.74) is 4.65. The number of hydrogen-bond donors (Lipinski definition) is 1. The summed E-state index contributed by atoms with van der Waals surface area (Å²) in [6, 6.07) is 22.2. The van der Waals surface area contributed by atoms with E-state index in [-0.39, 0.29) is 0 Å². The Labute approximate surface area is 172 Å². The standard InChI is InChI=1S/C24H26ClNO2/c1-3-20-9-5-6-11-22(20)26-16-18-12-13-23(24(15-18)27-4-2)28-17-19-8-7-10-21(25)14-19/h5-15,26H,3-4,16-17H2,1-2H3. The molecule has 3 nitrogen and oxygen atoms in total. The molecule has 0 saturated heterocycles. The molecule has 1 N–H and O–H groups in total. The lowest BCUT2D eigenvalue weighted by molar-refractivity contribution is 0.269. The van der Waals surface area contributed by atoms with Crippen LogP contribution in [0.25, 0.3) is 0 Å². The Kier molecular flexibility index (Phi) is 7.21. The van der Waals surface area contributed by atoms with Gasteiger partial charge in [-0.3, -0.25) is 0 Å². The van der Waals surface area contributed by atoms with Crippen molar-refractivity contribution in [1.29, 1.82) is 0 Å². The first-order valence-corrected chi connectivity index (χ1v) is 10.0. The van der Waals surface area contributed by atoms with Gasteiger partial charge in [-0.1, -0.05) is 54.9 Å². The van der Waals surface area contributed by atoms with Crippen LogP contribution in [0.5, 0.6) is 11.5 Å². The number of benzene rings is 3. The zero-order valence-electron chi connectivity index (χ0n) is 16.4. The lowest BCUT2D eigenvalue weighted by Gasteiger charge is -2.15. The summed E-state index contributed by atoms with van der Waals surface area (Å²) in [6.45, 7) is 5.90. The lowest BCUT2D eigenvalue weighted by atomic mass is 10.1.